The van der Waals surface area contributed by atoms with E-state index in [1.54, 1.807) is 23.5 Å². The molecule has 0 fully saturated rings. The van der Waals surface area contributed by atoms with Gasteiger partial charge in [0.15, 0.2) is 11.6 Å². The molecule has 0 saturated heterocycles. The van der Waals surface area contributed by atoms with Gasteiger partial charge in [-0.25, -0.2) is 4.98 Å². The first-order valence-corrected chi connectivity index (χ1v) is 8.37. The van der Waals surface area contributed by atoms with E-state index in [4.69, 9.17) is 4.74 Å². The number of ketones is 1. The van der Waals surface area contributed by atoms with Crippen LogP contribution in [0.25, 0.3) is 4.96 Å². The molecule has 0 radical (unpaired) electrons. The van der Waals surface area contributed by atoms with E-state index < -0.39 is 0 Å². The van der Waals surface area contributed by atoms with Crippen LogP contribution in [0.1, 0.15) is 37.0 Å². The highest BCUT2D eigenvalue weighted by Gasteiger charge is 2.22. The maximum atomic E-state index is 12.6. The number of benzene rings is 1. The van der Waals surface area contributed by atoms with Gasteiger partial charge in [0.25, 0.3) is 5.91 Å². The molecule has 7 heteroatoms. The second kappa shape index (κ2) is 5.45. The van der Waals surface area contributed by atoms with Crippen molar-refractivity contribution < 1.29 is 14.3 Å². The normalized spacial score (nSPS) is 13.2. The number of hydrogen-bond acceptors (Lipinski definition) is 5. The third-order valence-corrected chi connectivity index (χ3v) is 4.89. The minimum Gasteiger partial charge on any atom is -0.485 e. The quantitative estimate of drug-likeness (QED) is 0.794. The number of carbonyl (C=O) groups excluding carboxylic acids is 2. The van der Waals surface area contributed by atoms with Gasteiger partial charge in [-0.1, -0.05) is 6.07 Å². The molecule has 1 aliphatic rings. The maximum Gasteiger partial charge on any atom is 0.270 e. The van der Waals surface area contributed by atoms with Gasteiger partial charge >= 0.3 is 0 Å². The molecule has 0 atom stereocenters. The molecule has 0 bridgehead atoms. The third-order valence-electron chi connectivity index (χ3n) is 3.99. The Morgan fingerprint density at radius 3 is 3.08 bits per heavy atom. The molecule has 1 aromatic carbocycles. The molecule has 1 amide bonds. The van der Waals surface area contributed by atoms with Crippen LogP contribution in [-0.2, 0) is 6.54 Å². The van der Waals surface area contributed by atoms with Crippen LogP contribution in [0.3, 0.4) is 0 Å². The smallest absolute Gasteiger partial charge is 0.270 e. The largest absolute Gasteiger partial charge is 0.485 e. The zero-order chi connectivity index (χ0) is 16.8. The van der Waals surface area contributed by atoms with E-state index in [2.05, 4.69) is 10.3 Å². The van der Waals surface area contributed by atoms with Gasteiger partial charge < -0.3 is 10.1 Å². The molecule has 6 nitrogen and oxygen atoms in total. The van der Waals surface area contributed by atoms with E-state index in [1.165, 1.54) is 0 Å². The summed E-state index contributed by atoms with van der Waals surface area (Å²) in [7, 11) is 0. The number of nitrogens with zero attached hydrogens (tertiary/aromatic N) is 2. The molecule has 1 N–H and O–H groups in total. The number of nitrogens with one attached hydrogen (secondary N) is 1. The fraction of sp³-hybridized carbons (Fsp3) is 0.235. The Labute approximate surface area is 142 Å². The number of rotatable bonds is 3. The summed E-state index contributed by atoms with van der Waals surface area (Å²) in [5, 5.41) is 2.90. The number of amides is 1. The van der Waals surface area contributed by atoms with Gasteiger partial charge in [-0.3, -0.25) is 14.0 Å². The van der Waals surface area contributed by atoms with Crippen molar-refractivity contribution in [2.24, 2.45) is 0 Å². The first-order chi connectivity index (χ1) is 11.5. The number of Topliss-reactive ketones (excluding diaryl/α,β-unsaturated/α-hetero) is 1. The molecule has 0 aliphatic carbocycles. The fourth-order valence-electron chi connectivity index (χ4n) is 2.86. The SMILES string of the molecule is Cc1cn2c(C(=O)NCc3ccc4c(c3)C(=O)CO4)c(C)nc2s1. The average molecular weight is 341 g/mol. The summed E-state index contributed by atoms with van der Waals surface area (Å²) in [6.07, 6.45) is 1.92. The van der Waals surface area contributed by atoms with Crippen LogP contribution >= 0.6 is 11.3 Å². The lowest BCUT2D eigenvalue weighted by Gasteiger charge is -2.07. The topological polar surface area (TPSA) is 72.7 Å². The number of ether oxygens (including phenoxy) is 1. The molecule has 1 aliphatic heterocycles. The number of aromatic nitrogens is 2. The van der Waals surface area contributed by atoms with E-state index >= 15 is 0 Å². The van der Waals surface area contributed by atoms with Crippen molar-refractivity contribution in [1.29, 1.82) is 0 Å². The Balaban J connectivity index is 1.55. The maximum absolute atomic E-state index is 12.6. The van der Waals surface area contributed by atoms with Crippen LogP contribution in [0.15, 0.2) is 24.4 Å². The Morgan fingerprint density at radius 1 is 1.42 bits per heavy atom. The predicted molar refractivity (Wildman–Crippen MR) is 90.0 cm³/mol. The summed E-state index contributed by atoms with van der Waals surface area (Å²) in [4.78, 5) is 30.6. The van der Waals surface area contributed by atoms with Crippen molar-refractivity contribution >= 4 is 28.0 Å². The molecule has 0 saturated carbocycles. The van der Waals surface area contributed by atoms with Crippen LogP contribution in [0.5, 0.6) is 5.75 Å². The summed E-state index contributed by atoms with van der Waals surface area (Å²) in [6.45, 7) is 4.25. The van der Waals surface area contributed by atoms with E-state index in [0.717, 1.165) is 15.4 Å². The lowest BCUT2D eigenvalue weighted by Crippen LogP contribution is -2.24. The monoisotopic (exact) mass is 341 g/mol. The lowest BCUT2D eigenvalue weighted by atomic mass is 10.1. The first kappa shape index (κ1) is 14.9. The molecular weight excluding hydrogens is 326 g/mol. The lowest BCUT2D eigenvalue weighted by molar-refractivity contribution is 0.0942. The molecule has 0 spiro atoms. The van der Waals surface area contributed by atoms with E-state index in [1.807, 2.05) is 30.5 Å². The van der Waals surface area contributed by atoms with Crippen LogP contribution in [-0.4, -0.2) is 27.7 Å². The van der Waals surface area contributed by atoms with Gasteiger partial charge in [-0.2, -0.15) is 0 Å². The standard InChI is InChI=1S/C17H15N3O3S/c1-9-7-20-15(10(2)19-17(20)24-9)16(22)18-6-11-3-4-14-12(5-11)13(21)8-23-14/h3-5,7H,6,8H2,1-2H3,(H,18,22). The van der Waals surface area contributed by atoms with Gasteiger partial charge in [0.1, 0.15) is 11.4 Å². The molecule has 122 valence electrons. The van der Waals surface area contributed by atoms with Gasteiger partial charge in [-0.15, -0.1) is 11.3 Å². The summed E-state index contributed by atoms with van der Waals surface area (Å²) >= 11 is 1.55. The van der Waals surface area contributed by atoms with Crippen molar-refractivity contribution in [2.45, 2.75) is 20.4 Å². The summed E-state index contributed by atoms with van der Waals surface area (Å²) in [5.74, 6) is 0.401. The van der Waals surface area contributed by atoms with Crippen LogP contribution in [0.4, 0.5) is 0 Å². The van der Waals surface area contributed by atoms with Crippen LogP contribution in [0.2, 0.25) is 0 Å². The minimum absolute atomic E-state index is 0.0275. The Hall–Kier alpha value is -2.67. The number of hydrogen-bond donors (Lipinski definition) is 1. The second-order valence-corrected chi connectivity index (χ2v) is 6.98. The second-order valence-electron chi connectivity index (χ2n) is 5.77. The van der Waals surface area contributed by atoms with Crippen molar-refractivity contribution in [3.05, 3.63) is 51.8 Å². The Kier molecular flexibility index (Phi) is 3.38. The summed E-state index contributed by atoms with van der Waals surface area (Å²) in [6, 6.07) is 5.40. The number of carbonyl (C=O) groups is 2. The molecule has 3 heterocycles. The molecule has 2 aromatic heterocycles. The Bertz CT molecular complexity index is 987. The van der Waals surface area contributed by atoms with Gasteiger partial charge in [0.2, 0.25) is 5.78 Å². The zero-order valence-electron chi connectivity index (χ0n) is 13.3. The van der Waals surface area contributed by atoms with Crippen molar-refractivity contribution in [1.82, 2.24) is 14.7 Å². The highest BCUT2D eigenvalue weighted by atomic mass is 32.1. The molecule has 4 rings (SSSR count). The van der Waals surface area contributed by atoms with Crippen LogP contribution < -0.4 is 10.1 Å². The fourth-order valence-corrected chi connectivity index (χ4v) is 3.73. The zero-order valence-corrected chi connectivity index (χ0v) is 14.1. The number of thiazole rings is 1. The minimum atomic E-state index is -0.180. The van der Waals surface area contributed by atoms with Gasteiger partial charge in [0, 0.05) is 17.6 Å². The van der Waals surface area contributed by atoms with Gasteiger partial charge in [0.05, 0.1) is 11.3 Å². The predicted octanol–water partition coefficient (Wildman–Crippen LogP) is 2.52. The number of fused-ring (bicyclic) bond motifs is 2. The van der Waals surface area contributed by atoms with Gasteiger partial charge in [-0.05, 0) is 31.5 Å². The average Bonchev–Trinajstić information content (AvgIpc) is 3.17. The number of imidazole rings is 1. The van der Waals surface area contributed by atoms with Crippen molar-refractivity contribution in [2.75, 3.05) is 6.61 Å². The van der Waals surface area contributed by atoms with E-state index in [9.17, 15) is 9.59 Å². The van der Waals surface area contributed by atoms with E-state index in [-0.39, 0.29) is 18.3 Å². The number of aryl methyl sites for hydroxylation is 2. The van der Waals surface area contributed by atoms with Crippen LogP contribution in [0, 0.1) is 13.8 Å². The molecular formula is C17H15N3O3S. The highest BCUT2D eigenvalue weighted by molar-refractivity contribution is 7.17. The molecule has 24 heavy (non-hydrogen) atoms. The molecule has 3 aromatic rings. The first-order valence-electron chi connectivity index (χ1n) is 7.55. The highest BCUT2D eigenvalue weighted by Crippen LogP contribution is 2.26. The third kappa shape index (κ3) is 2.37. The summed E-state index contributed by atoms with van der Waals surface area (Å²) < 4.78 is 7.09. The van der Waals surface area contributed by atoms with Crippen molar-refractivity contribution in [3.8, 4) is 5.75 Å². The molecule has 0 unspecified atom stereocenters. The van der Waals surface area contributed by atoms with Crippen molar-refractivity contribution in [3.63, 3.8) is 0 Å². The van der Waals surface area contributed by atoms with E-state index in [0.29, 0.717) is 29.2 Å². The summed E-state index contributed by atoms with van der Waals surface area (Å²) in [5.41, 5.74) is 2.70. The Morgan fingerprint density at radius 2 is 2.25 bits per heavy atom.